The van der Waals surface area contributed by atoms with Crippen molar-refractivity contribution < 1.29 is 18.4 Å². The molecule has 0 unspecified atom stereocenters. The molecule has 0 atom stereocenters. The topological polar surface area (TPSA) is 49.4 Å². The average Bonchev–Trinajstić information content (AvgIpc) is 3.12. The van der Waals surface area contributed by atoms with Crippen LogP contribution in [0.4, 0.5) is 14.5 Å². The maximum atomic E-state index is 13.2. The van der Waals surface area contributed by atoms with Gasteiger partial charge in [-0.25, -0.2) is 8.78 Å². The van der Waals surface area contributed by atoms with Crippen LogP contribution in [0.25, 0.3) is 0 Å². The number of hydrogen-bond donors (Lipinski definition) is 1. The highest BCUT2D eigenvalue weighted by Crippen LogP contribution is 2.22. The first-order valence-corrected chi connectivity index (χ1v) is 8.51. The van der Waals surface area contributed by atoms with Crippen LogP contribution in [0.1, 0.15) is 22.5 Å². The number of hydrogen-bond acceptors (Lipinski definition) is 3. The highest BCUT2D eigenvalue weighted by atomic mass is 32.1. The molecule has 0 spiro atoms. The zero-order valence-electron chi connectivity index (χ0n) is 12.8. The van der Waals surface area contributed by atoms with Crippen LogP contribution in [0, 0.1) is 17.6 Å². The van der Waals surface area contributed by atoms with E-state index in [0.717, 1.165) is 12.1 Å². The molecule has 126 valence electrons. The standard InChI is InChI=1S/C17H16F2N2O2S/c18-13-4-3-12(10-14(13)19)20-16(22)11-5-7-21(8-6-11)17(23)15-2-1-9-24-15/h1-4,9-11H,5-8H2,(H,20,22). The van der Waals surface area contributed by atoms with Gasteiger partial charge in [0.05, 0.1) is 4.88 Å². The van der Waals surface area contributed by atoms with Gasteiger partial charge in [0.1, 0.15) is 0 Å². The Morgan fingerprint density at radius 1 is 1.12 bits per heavy atom. The first-order valence-electron chi connectivity index (χ1n) is 7.63. The SMILES string of the molecule is O=C(Nc1ccc(F)c(F)c1)C1CCN(C(=O)c2cccs2)CC1. The fourth-order valence-corrected chi connectivity index (χ4v) is 3.41. The van der Waals surface area contributed by atoms with Gasteiger partial charge in [-0.05, 0) is 36.4 Å². The minimum atomic E-state index is -0.996. The lowest BCUT2D eigenvalue weighted by Crippen LogP contribution is -2.41. The molecule has 1 N–H and O–H groups in total. The maximum Gasteiger partial charge on any atom is 0.263 e. The summed E-state index contributed by atoms with van der Waals surface area (Å²) >= 11 is 1.40. The van der Waals surface area contributed by atoms with Crippen LogP contribution in [0.15, 0.2) is 35.7 Å². The van der Waals surface area contributed by atoms with Gasteiger partial charge in [0.25, 0.3) is 5.91 Å². The first kappa shape index (κ1) is 16.6. The third-order valence-electron chi connectivity index (χ3n) is 4.07. The molecule has 1 aromatic heterocycles. The van der Waals surface area contributed by atoms with Crippen LogP contribution in [0.5, 0.6) is 0 Å². The first-order chi connectivity index (χ1) is 11.5. The summed E-state index contributed by atoms with van der Waals surface area (Å²) in [6, 6.07) is 6.89. The second-order valence-electron chi connectivity index (χ2n) is 5.66. The lowest BCUT2D eigenvalue weighted by atomic mass is 9.95. The number of amides is 2. The quantitative estimate of drug-likeness (QED) is 0.921. The molecule has 1 aliphatic rings. The number of likely N-dealkylation sites (tertiary alicyclic amines) is 1. The van der Waals surface area contributed by atoms with E-state index >= 15 is 0 Å². The second-order valence-corrected chi connectivity index (χ2v) is 6.61. The molecule has 2 heterocycles. The van der Waals surface area contributed by atoms with Crippen LogP contribution in [0.3, 0.4) is 0 Å². The van der Waals surface area contributed by atoms with Gasteiger partial charge in [-0.2, -0.15) is 0 Å². The van der Waals surface area contributed by atoms with Gasteiger partial charge in [-0.1, -0.05) is 6.07 Å². The van der Waals surface area contributed by atoms with Gasteiger partial charge in [0, 0.05) is 30.8 Å². The van der Waals surface area contributed by atoms with E-state index in [1.165, 1.54) is 17.4 Å². The molecule has 24 heavy (non-hydrogen) atoms. The number of piperidine rings is 1. The van der Waals surface area contributed by atoms with Crippen molar-refractivity contribution in [1.29, 1.82) is 0 Å². The van der Waals surface area contributed by atoms with Crippen molar-refractivity contribution in [2.75, 3.05) is 18.4 Å². The normalized spacial score (nSPS) is 15.3. The smallest absolute Gasteiger partial charge is 0.263 e. The molecule has 7 heteroatoms. The number of nitrogens with one attached hydrogen (secondary N) is 1. The van der Waals surface area contributed by atoms with E-state index in [1.807, 2.05) is 11.4 Å². The van der Waals surface area contributed by atoms with Gasteiger partial charge in [-0.3, -0.25) is 9.59 Å². The average molecular weight is 350 g/mol. The van der Waals surface area contributed by atoms with Gasteiger partial charge < -0.3 is 10.2 Å². The predicted molar refractivity (Wildman–Crippen MR) is 87.9 cm³/mol. The third-order valence-corrected chi connectivity index (χ3v) is 4.93. The number of nitrogens with zero attached hydrogens (tertiary/aromatic N) is 1. The Morgan fingerprint density at radius 3 is 2.50 bits per heavy atom. The molecule has 1 saturated heterocycles. The summed E-state index contributed by atoms with van der Waals surface area (Å²) in [5, 5.41) is 4.46. The van der Waals surface area contributed by atoms with Crippen molar-refractivity contribution in [3.63, 3.8) is 0 Å². The van der Waals surface area contributed by atoms with Gasteiger partial charge in [0.15, 0.2) is 11.6 Å². The predicted octanol–water partition coefficient (Wildman–Crippen LogP) is 3.52. The Balaban J connectivity index is 1.55. The van der Waals surface area contributed by atoms with Crippen LogP contribution in [-0.4, -0.2) is 29.8 Å². The van der Waals surface area contributed by atoms with E-state index in [-0.39, 0.29) is 23.4 Å². The number of thiophene rings is 1. The van der Waals surface area contributed by atoms with Crippen LogP contribution >= 0.6 is 11.3 Å². The summed E-state index contributed by atoms with van der Waals surface area (Å²) in [5.74, 6) is -2.43. The lowest BCUT2D eigenvalue weighted by molar-refractivity contribution is -0.121. The number of anilines is 1. The van der Waals surface area contributed by atoms with E-state index in [1.54, 1.807) is 11.0 Å². The molecular weight excluding hydrogens is 334 g/mol. The molecule has 0 bridgehead atoms. The lowest BCUT2D eigenvalue weighted by Gasteiger charge is -2.31. The van der Waals surface area contributed by atoms with Crippen molar-refractivity contribution in [3.05, 3.63) is 52.2 Å². The summed E-state index contributed by atoms with van der Waals surface area (Å²) in [6.45, 7) is 1.01. The zero-order chi connectivity index (χ0) is 17.1. The van der Waals surface area contributed by atoms with Crippen molar-refractivity contribution in [2.24, 2.45) is 5.92 Å². The van der Waals surface area contributed by atoms with Crippen molar-refractivity contribution in [2.45, 2.75) is 12.8 Å². The molecular formula is C17H16F2N2O2S. The van der Waals surface area contributed by atoms with E-state index < -0.39 is 11.6 Å². The summed E-state index contributed by atoms with van der Waals surface area (Å²) in [5.41, 5.74) is 0.232. The Labute approximate surface area is 142 Å². The Morgan fingerprint density at radius 2 is 1.88 bits per heavy atom. The summed E-state index contributed by atoms with van der Waals surface area (Å²) < 4.78 is 26.1. The van der Waals surface area contributed by atoms with Crippen LogP contribution in [0.2, 0.25) is 0 Å². The van der Waals surface area contributed by atoms with E-state index in [0.29, 0.717) is 30.8 Å². The Bertz CT molecular complexity index is 741. The zero-order valence-corrected chi connectivity index (χ0v) is 13.6. The molecule has 1 aromatic carbocycles. The van der Waals surface area contributed by atoms with Crippen molar-refractivity contribution >= 4 is 28.8 Å². The monoisotopic (exact) mass is 350 g/mol. The number of rotatable bonds is 3. The largest absolute Gasteiger partial charge is 0.338 e. The molecule has 2 aromatic rings. The third kappa shape index (κ3) is 3.62. The summed E-state index contributed by atoms with van der Waals surface area (Å²) in [4.78, 5) is 26.9. The maximum absolute atomic E-state index is 13.2. The van der Waals surface area contributed by atoms with Crippen LogP contribution < -0.4 is 5.32 Å². The molecule has 1 aliphatic heterocycles. The number of benzene rings is 1. The fraction of sp³-hybridized carbons (Fsp3) is 0.294. The fourth-order valence-electron chi connectivity index (χ4n) is 2.72. The summed E-state index contributed by atoms with van der Waals surface area (Å²) in [6.07, 6.45) is 1.10. The van der Waals surface area contributed by atoms with Crippen molar-refractivity contribution in [1.82, 2.24) is 4.90 Å². The molecule has 0 aliphatic carbocycles. The minimum Gasteiger partial charge on any atom is -0.338 e. The van der Waals surface area contributed by atoms with Gasteiger partial charge in [-0.15, -0.1) is 11.3 Å². The molecule has 0 radical (unpaired) electrons. The van der Waals surface area contributed by atoms with E-state index in [2.05, 4.69) is 5.32 Å². The molecule has 2 amide bonds. The number of carbonyl (C=O) groups is 2. The molecule has 1 fully saturated rings. The number of carbonyl (C=O) groups excluding carboxylic acids is 2. The Kier molecular flexibility index (Phi) is 4.89. The minimum absolute atomic E-state index is 0.00976. The molecule has 4 nitrogen and oxygen atoms in total. The highest BCUT2D eigenvalue weighted by molar-refractivity contribution is 7.12. The second kappa shape index (κ2) is 7.09. The van der Waals surface area contributed by atoms with Gasteiger partial charge >= 0.3 is 0 Å². The van der Waals surface area contributed by atoms with Gasteiger partial charge in [0.2, 0.25) is 5.91 Å². The molecule has 0 saturated carbocycles. The van der Waals surface area contributed by atoms with Crippen LogP contribution in [-0.2, 0) is 4.79 Å². The van der Waals surface area contributed by atoms with E-state index in [4.69, 9.17) is 0 Å². The number of halogens is 2. The highest BCUT2D eigenvalue weighted by Gasteiger charge is 2.28. The molecule has 3 rings (SSSR count). The summed E-state index contributed by atoms with van der Waals surface area (Å²) in [7, 11) is 0. The van der Waals surface area contributed by atoms with Crippen molar-refractivity contribution in [3.8, 4) is 0 Å². The Hall–Kier alpha value is -2.28. The van der Waals surface area contributed by atoms with E-state index in [9.17, 15) is 18.4 Å².